The van der Waals surface area contributed by atoms with Crippen LogP contribution in [-0.2, 0) is 19.4 Å². The molecule has 0 aliphatic heterocycles. The average Bonchev–Trinajstić information content (AvgIpc) is 2.44. The predicted molar refractivity (Wildman–Crippen MR) is 80.4 cm³/mol. The van der Waals surface area contributed by atoms with Crippen molar-refractivity contribution in [1.82, 2.24) is 5.32 Å². The lowest BCUT2D eigenvalue weighted by molar-refractivity contribution is 0.535. The molecule has 0 bridgehead atoms. The van der Waals surface area contributed by atoms with E-state index in [4.69, 9.17) is 0 Å². The number of benzene rings is 2. The second-order valence-electron chi connectivity index (χ2n) is 5.35. The van der Waals surface area contributed by atoms with E-state index in [1.165, 1.54) is 23.1 Å². The maximum Gasteiger partial charge on any atom is 0.0208 e. The van der Waals surface area contributed by atoms with Crippen LogP contribution in [0.4, 0.5) is 0 Å². The van der Waals surface area contributed by atoms with E-state index in [0.29, 0.717) is 5.92 Å². The third-order valence-corrected chi connectivity index (χ3v) is 4.17. The molecule has 0 fully saturated rings. The van der Waals surface area contributed by atoms with Crippen molar-refractivity contribution in [1.29, 1.82) is 0 Å². The van der Waals surface area contributed by atoms with E-state index in [9.17, 15) is 0 Å². The number of nitrogens with one attached hydrogen (secondary N) is 1. The average molecular weight is 251 g/mol. The van der Waals surface area contributed by atoms with Gasteiger partial charge in [0.05, 0.1) is 0 Å². The zero-order chi connectivity index (χ0) is 13.1. The van der Waals surface area contributed by atoms with Gasteiger partial charge >= 0.3 is 0 Å². The van der Waals surface area contributed by atoms with Gasteiger partial charge in [0.2, 0.25) is 0 Å². The quantitative estimate of drug-likeness (QED) is 0.855. The maximum absolute atomic E-state index is 3.62. The molecule has 1 N–H and O–H groups in total. The number of hydrogen-bond donors (Lipinski definition) is 1. The fourth-order valence-electron chi connectivity index (χ4n) is 3.00. The van der Waals surface area contributed by atoms with Gasteiger partial charge in [0.25, 0.3) is 0 Å². The lowest BCUT2D eigenvalue weighted by atomic mass is 9.77. The summed E-state index contributed by atoms with van der Waals surface area (Å²) in [6.07, 6.45) is 2.35. The molecule has 0 saturated carbocycles. The molecule has 1 unspecified atom stereocenters. The van der Waals surface area contributed by atoms with Gasteiger partial charge < -0.3 is 5.32 Å². The predicted octanol–water partition coefficient (Wildman–Crippen LogP) is 3.68. The van der Waals surface area contributed by atoms with Crippen LogP contribution in [-0.4, -0.2) is 6.54 Å². The topological polar surface area (TPSA) is 12.0 Å². The first kappa shape index (κ1) is 12.4. The third kappa shape index (κ3) is 2.57. The summed E-state index contributed by atoms with van der Waals surface area (Å²) in [5.41, 5.74) is 5.98. The molecule has 98 valence electrons. The van der Waals surface area contributed by atoms with Crippen molar-refractivity contribution in [2.24, 2.45) is 0 Å². The molecule has 0 saturated heterocycles. The van der Waals surface area contributed by atoms with Gasteiger partial charge in [-0.1, -0.05) is 55.5 Å². The number of rotatable bonds is 5. The first-order valence-electron chi connectivity index (χ1n) is 7.23. The summed E-state index contributed by atoms with van der Waals surface area (Å²) in [7, 11) is 0. The van der Waals surface area contributed by atoms with E-state index in [0.717, 1.165) is 19.5 Å². The van der Waals surface area contributed by atoms with Crippen molar-refractivity contribution in [3.8, 4) is 0 Å². The molecular weight excluding hydrogens is 230 g/mol. The van der Waals surface area contributed by atoms with Crippen LogP contribution in [0, 0.1) is 0 Å². The SMILES string of the molecule is CCc1ccccc1CNCC1Cc2ccccc21. The van der Waals surface area contributed by atoms with Gasteiger partial charge in [-0.2, -0.15) is 0 Å². The van der Waals surface area contributed by atoms with Crippen LogP contribution < -0.4 is 5.32 Å². The van der Waals surface area contributed by atoms with Crippen LogP contribution in [0.3, 0.4) is 0 Å². The Morgan fingerprint density at radius 3 is 2.53 bits per heavy atom. The Balaban J connectivity index is 1.55. The summed E-state index contributed by atoms with van der Waals surface area (Å²) in [6.45, 7) is 4.30. The first-order chi connectivity index (χ1) is 9.38. The van der Waals surface area contributed by atoms with Crippen molar-refractivity contribution in [2.75, 3.05) is 6.54 Å². The van der Waals surface area contributed by atoms with Gasteiger partial charge in [0.15, 0.2) is 0 Å². The first-order valence-corrected chi connectivity index (χ1v) is 7.23. The van der Waals surface area contributed by atoms with Gasteiger partial charge in [0.1, 0.15) is 0 Å². The van der Waals surface area contributed by atoms with Gasteiger partial charge in [-0.3, -0.25) is 0 Å². The Kier molecular flexibility index (Phi) is 3.65. The molecule has 3 rings (SSSR count). The van der Waals surface area contributed by atoms with Gasteiger partial charge in [-0.05, 0) is 35.1 Å². The third-order valence-electron chi connectivity index (χ3n) is 4.17. The molecule has 0 aromatic heterocycles. The summed E-state index contributed by atoms with van der Waals surface area (Å²) >= 11 is 0. The highest BCUT2D eigenvalue weighted by molar-refractivity contribution is 5.40. The summed E-state index contributed by atoms with van der Waals surface area (Å²) in [4.78, 5) is 0. The minimum atomic E-state index is 0.713. The Morgan fingerprint density at radius 1 is 1.00 bits per heavy atom. The number of hydrogen-bond acceptors (Lipinski definition) is 1. The highest BCUT2D eigenvalue weighted by Crippen LogP contribution is 2.34. The van der Waals surface area contributed by atoms with Crippen LogP contribution in [0.1, 0.15) is 35.1 Å². The molecule has 0 heterocycles. The van der Waals surface area contributed by atoms with E-state index in [1.54, 1.807) is 5.56 Å². The van der Waals surface area contributed by atoms with Crippen molar-refractivity contribution in [2.45, 2.75) is 32.2 Å². The molecule has 1 aliphatic carbocycles. The molecule has 1 nitrogen and oxygen atoms in total. The zero-order valence-corrected chi connectivity index (χ0v) is 11.5. The molecule has 0 radical (unpaired) electrons. The minimum absolute atomic E-state index is 0.713. The fourth-order valence-corrected chi connectivity index (χ4v) is 3.00. The Morgan fingerprint density at radius 2 is 1.74 bits per heavy atom. The normalized spacial score (nSPS) is 16.8. The minimum Gasteiger partial charge on any atom is -0.312 e. The molecule has 1 atom stereocenters. The summed E-state index contributed by atoms with van der Waals surface area (Å²) in [5, 5.41) is 3.62. The highest BCUT2D eigenvalue weighted by Gasteiger charge is 2.24. The molecule has 2 aromatic carbocycles. The lowest BCUT2D eigenvalue weighted by Crippen LogP contribution is -2.29. The Bertz CT molecular complexity index is 559. The van der Waals surface area contributed by atoms with Crippen LogP contribution in [0.15, 0.2) is 48.5 Å². The van der Waals surface area contributed by atoms with Crippen LogP contribution >= 0.6 is 0 Å². The van der Waals surface area contributed by atoms with Gasteiger partial charge in [-0.25, -0.2) is 0 Å². The van der Waals surface area contributed by atoms with Crippen molar-refractivity contribution >= 4 is 0 Å². The summed E-state index contributed by atoms with van der Waals surface area (Å²) in [5.74, 6) is 0.713. The van der Waals surface area contributed by atoms with Gasteiger partial charge in [0, 0.05) is 19.0 Å². The van der Waals surface area contributed by atoms with E-state index in [1.807, 2.05) is 0 Å². The number of aryl methyl sites for hydroxylation is 1. The van der Waals surface area contributed by atoms with Crippen LogP contribution in [0.5, 0.6) is 0 Å². The van der Waals surface area contributed by atoms with E-state index in [-0.39, 0.29) is 0 Å². The molecule has 0 spiro atoms. The largest absolute Gasteiger partial charge is 0.312 e. The van der Waals surface area contributed by atoms with E-state index >= 15 is 0 Å². The van der Waals surface area contributed by atoms with Crippen molar-refractivity contribution in [3.63, 3.8) is 0 Å². The molecule has 0 amide bonds. The zero-order valence-electron chi connectivity index (χ0n) is 11.5. The van der Waals surface area contributed by atoms with E-state index in [2.05, 4.69) is 60.8 Å². The standard InChI is InChI=1S/C18H21N/c1-2-14-7-3-4-9-16(14)12-19-13-17-11-15-8-5-6-10-18(15)17/h3-10,17,19H,2,11-13H2,1H3. The molecule has 19 heavy (non-hydrogen) atoms. The number of fused-ring (bicyclic) bond motifs is 1. The lowest BCUT2D eigenvalue weighted by Gasteiger charge is -2.30. The van der Waals surface area contributed by atoms with Gasteiger partial charge in [-0.15, -0.1) is 0 Å². The molecular formula is C18H21N. The van der Waals surface area contributed by atoms with Crippen molar-refractivity contribution < 1.29 is 0 Å². The Hall–Kier alpha value is -1.60. The Labute approximate surface area is 115 Å². The molecule has 2 aromatic rings. The summed E-state index contributed by atoms with van der Waals surface area (Å²) < 4.78 is 0. The van der Waals surface area contributed by atoms with E-state index < -0.39 is 0 Å². The summed E-state index contributed by atoms with van der Waals surface area (Å²) in [6, 6.07) is 17.5. The molecule has 1 heteroatoms. The second-order valence-corrected chi connectivity index (χ2v) is 5.35. The molecule has 1 aliphatic rings. The second kappa shape index (κ2) is 5.58. The van der Waals surface area contributed by atoms with Crippen LogP contribution in [0.25, 0.3) is 0 Å². The maximum atomic E-state index is 3.62. The highest BCUT2D eigenvalue weighted by atomic mass is 14.9. The van der Waals surface area contributed by atoms with Crippen LogP contribution in [0.2, 0.25) is 0 Å². The monoisotopic (exact) mass is 251 g/mol. The smallest absolute Gasteiger partial charge is 0.0208 e. The fraction of sp³-hybridized carbons (Fsp3) is 0.333. The van der Waals surface area contributed by atoms with Crippen molar-refractivity contribution in [3.05, 3.63) is 70.8 Å².